The number of nitrogens with one attached hydrogen (secondary N) is 1. The lowest BCUT2D eigenvalue weighted by Crippen LogP contribution is -2.15. The minimum atomic E-state index is 0.337. The predicted octanol–water partition coefficient (Wildman–Crippen LogP) is 0.296. The Hall–Kier alpha value is -1.03. The van der Waals surface area contributed by atoms with Gasteiger partial charge in [-0.2, -0.15) is 5.10 Å². The third kappa shape index (κ3) is 1.35. The number of hydrogen-bond acceptors (Lipinski definition) is 4. The summed E-state index contributed by atoms with van der Waals surface area (Å²) in [6.07, 6.45) is 5.62. The highest BCUT2D eigenvalue weighted by molar-refractivity contribution is 4.94. The van der Waals surface area contributed by atoms with E-state index in [4.69, 9.17) is 0 Å². The molecule has 0 amide bonds. The van der Waals surface area contributed by atoms with Crippen molar-refractivity contribution in [3.05, 3.63) is 18.2 Å². The normalized spacial score (nSPS) is 23.8. The predicted molar refractivity (Wildman–Crippen MR) is 39.8 cm³/mol. The molecule has 1 atom stereocenters. The zero-order chi connectivity index (χ0) is 7.52. The van der Waals surface area contributed by atoms with E-state index in [9.17, 15) is 0 Å². The molecule has 0 aliphatic carbocycles. The molecule has 1 aromatic rings. The van der Waals surface area contributed by atoms with Crippen LogP contribution >= 0.6 is 0 Å². The molecule has 0 radical (unpaired) electrons. The lowest BCUT2D eigenvalue weighted by molar-refractivity contribution is 0.591. The maximum absolute atomic E-state index is 4.12. The molecule has 0 aromatic carbocycles. The average molecular weight is 150 g/mol. The number of nitrogens with zero attached hydrogens (tertiary/aromatic N) is 3. The largest absolute Gasteiger partial charge is 0.307 e. The number of aromatic nitrogens is 3. The zero-order valence-corrected chi connectivity index (χ0v) is 6.20. The molecule has 1 unspecified atom stereocenters. The SMILES string of the molecule is c1cnc(C2CCCN2)nn1. The van der Waals surface area contributed by atoms with Gasteiger partial charge in [0.25, 0.3) is 0 Å². The lowest BCUT2D eigenvalue weighted by atomic mass is 10.2. The summed E-state index contributed by atoms with van der Waals surface area (Å²) in [6.45, 7) is 1.07. The van der Waals surface area contributed by atoms with Gasteiger partial charge in [0.1, 0.15) is 0 Å². The smallest absolute Gasteiger partial charge is 0.167 e. The van der Waals surface area contributed by atoms with Gasteiger partial charge in [-0.3, -0.25) is 0 Å². The van der Waals surface area contributed by atoms with Crippen LogP contribution in [0.25, 0.3) is 0 Å². The Morgan fingerprint density at radius 1 is 1.45 bits per heavy atom. The molecular formula is C7H10N4. The molecule has 1 aliphatic heterocycles. The van der Waals surface area contributed by atoms with Crippen molar-refractivity contribution in [2.75, 3.05) is 6.54 Å². The summed E-state index contributed by atoms with van der Waals surface area (Å²) in [4.78, 5) is 4.12. The topological polar surface area (TPSA) is 50.7 Å². The monoisotopic (exact) mass is 150 g/mol. The van der Waals surface area contributed by atoms with E-state index in [0.717, 1.165) is 18.8 Å². The van der Waals surface area contributed by atoms with Crippen molar-refractivity contribution in [3.8, 4) is 0 Å². The molecule has 4 nitrogen and oxygen atoms in total. The zero-order valence-electron chi connectivity index (χ0n) is 6.20. The van der Waals surface area contributed by atoms with Gasteiger partial charge in [0.05, 0.1) is 12.2 Å². The van der Waals surface area contributed by atoms with E-state index in [1.165, 1.54) is 6.42 Å². The first-order valence-corrected chi connectivity index (χ1v) is 3.84. The van der Waals surface area contributed by atoms with E-state index >= 15 is 0 Å². The molecule has 1 aliphatic rings. The van der Waals surface area contributed by atoms with Gasteiger partial charge in [0.15, 0.2) is 5.82 Å². The van der Waals surface area contributed by atoms with E-state index in [-0.39, 0.29) is 0 Å². The first-order valence-electron chi connectivity index (χ1n) is 3.84. The minimum absolute atomic E-state index is 0.337. The van der Waals surface area contributed by atoms with Gasteiger partial charge < -0.3 is 5.32 Å². The second-order valence-electron chi connectivity index (χ2n) is 2.65. The number of hydrogen-bond donors (Lipinski definition) is 1. The van der Waals surface area contributed by atoms with Crippen LogP contribution in [0, 0.1) is 0 Å². The minimum Gasteiger partial charge on any atom is -0.307 e. The van der Waals surface area contributed by atoms with Crippen LogP contribution in [0.1, 0.15) is 24.7 Å². The third-order valence-electron chi connectivity index (χ3n) is 1.87. The van der Waals surface area contributed by atoms with Crippen LogP contribution < -0.4 is 5.32 Å². The van der Waals surface area contributed by atoms with Crippen molar-refractivity contribution in [2.45, 2.75) is 18.9 Å². The van der Waals surface area contributed by atoms with Gasteiger partial charge in [-0.1, -0.05) is 0 Å². The summed E-state index contributed by atoms with van der Waals surface area (Å²) >= 11 is 0. The van der Waals surface area contributed by atoms with E-state index in [1.54, 1.807) is 12.4 Å². The highest BCUT2D eigenvalue weighted by Gasteiger charge is 2.18. The molecule has 1 aromatic heterocycles. The Labute approximate surface area is 65.1 Å². The fourth-order valence-electron chi connectivity index (χ4n) is 1.32. The van der Waals surface area contributed by atoms with E-state index in [2.05, 4.69) is 20.5 Å². The van der Waals surface area contributed by atoms with Crippen molar-refractivity contribution in [1.82, 2.24) is 20.5 Å². The van der Waals surface area contributed by atoms with Crippen LogP contribution in [-0.2, 0) is 0 Å². The number of rotatable bonds is 1. The van der Waals surface area contributed by atoms with Crippen LogP contribution in [0.2, 0.25) is 0 Å². The van der Waals surface area contributed by atoms with Gasteiger partial charge in [-0.25, -0.2) is 4.98 Å². The molecule has 58 valence electrons. The molecule has 1 N–H and O–H groups in total. The summed E-state index contributed by atoms with van der Waals surface area (Å²) in [5.74, 6) is 0.824. The maximum Gasteiger partial charge on any atom is 0.167 e. The molecule has 0 bridgehead atoms. The van der Waals surface area contributed by atoms with Gasteiger partial charge >= 0.3 is 0 Å². The molecule has 2 rings (SSSR count). The highest BCUT2D eigenvalue weighted by atomic mass is 15.2. The van der Waals surface area contributed by atoms with Crippen molar-refractivity contribution in [1.29, 1.82) is 0 Å². The Morgan fingerprint density at radius 3 is 3.09 bits per heavy atom. The second kappa shape index (κ2) is 2.92. The average Bonchev–Trinajstić information content (AvgIpc) is 2.58. The summed E-state index contributed by atoms with van der Waals surface area (Å²) in [6, 6.07) is 0.337. The maximum atomic E-state index is 4.12. The third-order valence-corrected chi connectivity index (χ3v) is 1.87. The Kier molecular flexibility index (Phi) is 1.77. The first-order chi connectivity index (χ1) is 5.47. The van der Waals surface area contributed by atoms with Crippen molar-refractivity contribution < 1.29 is 0 Å². The molecule has 1 fully saturated rings. The quantitative estimate of drug-likeness (QED) is 0.625. The molecule has 0 saturated carbocycles. The van der Waals surface area contributed by atoms with Crippen molar-refractivity contribution in [3.63, 3.8) is 0 Å². The molecule has 2 heterocycles. The summed E-state index contributed by atoms with van der Waals surface area (Å²) in [7, 11) is 0. The van der Waals surface area contributed by atoms with Gasteiger partial charge in [-0.15, -0.1) is 5.10 Å². The Morgan fingerprint density at radius 2 is 2.45 bits per heavy atom. The van der Waals surface area contributed by atoms with Gasteiger partial charge in [0.2, 0.25) is 0 Å². The first kappa shape index (κ1) is 6.67. The summed E-state index contributed by atoms with van der Waals surface area (Å²) in [5.41, 5.74) is 0. The Bertz CT molecular complexity index is 217. The van der Waals surface area contributed by atoms with Crippen LogP contribution in [0.4, 0.5) is 0 Å². The van der Waals surface area contributed by atoms with E-state index in [0.29, 0.717) is 6.04 Å². The van der Waals surface area contributed by atoms with Crippen LogP contribution in [0.15, 0.2) is 12.4 Å². The standard InChI is InChI=1S/C7H10N4/c1-2-6(8-3-1)7-9-4-5-10-11-7/h4-6,8H,1-3H2. The van der Waals surface area contributed by atoms with E-state index in [1.807, 2.05) is 0 Å². The van der Waals surface area contributed by atoms with E-state index < -0.39 is 0 Å². The lowest BCUT2D eigenvalue weighted by Gasteiger charge is -2.05. The molecule has 4 heteroatoms. The highest BCUT2D eigenvalue weighted by Crippen LogP contribution is 2.17. The fourth-order valence-corrected chi connectivity index (χ4v) is 1.32. The van der Waals surface area contributed by atoms with Crippen LogP contribution in [0.5, 0.6) is 0 Å². The van der Waals surface area contributed by atoms with Crippen molar-refractivity contribution in [2.24, 2.45) is 0 Å². The van der Waals surface area contributed by atoms with Crippen LogP contribution in [0.3, 0.4) is 0 Å². The summed E-state index contributed by atoms with van der Waals surface area (Å²) < 4.78 is 0. The molecule has 1 saturated heterocycles. The van der Waals surface area contributed by atoms with Crippen LogP contribution in [-0.4, -0.2) is 21.7 Å². The Balaban J connectivity index is 2.16. The second-order valence-corrected chi connectivity index (χ2v) is 2.65. The summed E-state index contributed by atoms with van der Waals surface area (Å²) in [5, 5.41) is 11.0. The molecule has 0 spiro atoms. The fraction of sp³-hybridized carbons (Fsp3) is 0.571. The molecule has 11 heavy (non-hydrogen) atoms. The molecular weight excluding hydrogens is 140 g/mol. The van der Waals surface area contributed by atoms with Gasteiger partial charge in [-0.05, 0) is 19.4 Å². The van der Waals surface area contributed by atoms with Gasteiger partial charge in [0, 0.05) is 6.20 Å². The van der Waals surface area contributed by atoms with Crippen molar-refractivity contribution >= 4 is 0 Å².